The number of rotatable bonds is 4. The first-order chi connectivity index (χ1) is 18.9. The summed E-state index contributed by atoms with van der Waals surface area (Å²) in [4.78, 5) is 0. The van der Waals surface area contributed by atoms with Crippen LogP contribution in [0.5, 0.6) is 0 Å². The molecule has 5 aliphatic rings. The quantitative estimate of drug-likeness (QED) is 0.400. The van der Waals surface area contributed by atoms with Crippen molar-refractivity contribution >= 4 is 34.1 Å². The number of hydrogen-bond acceptors (Lipinski definition) is 0. The Bertz CT molecular complexity index is 1650. The molecule has 0 saturated heterocycles. The SMILES string of the molecule is C1=CCCC(c2c3c(c(C4=CC(C5C=CC=CC5)=CC(C5=CCCC=C5)C4)c4ccccc24)=CCCC=3)=C1. The summed E-state index contributed by atoms with van der Waals surface area (Å²) in [6, 6.07) is 9.22. The van der Waals surface area contributed by atoms with E-state index in [2.05, 4.69) is 109 Å². The van der Waals surface area contributed by atoms with Crippen molar-refractivity contribution in [1.29, 1.82) is 0 Å². The standard InChI is InChI=1S/C38H36/c1-4-14-27(15-5-1)30-24-31(28-16-6-2-7-17-28)26-32(25-30)38-35-22-12-10-20-33(35)37(29-18-8-3-9-19-29)34-21-11-13-23-36(34)38/h1,3-6,8,10,12,14,16-18,20-25,27,31H,2,7,9,11,13,15,19,26H2. The van der Waals surface area contributed by atoms with Crippen LogP contribution in [0, 0.1) is 11.8 Å². The van der Waals surface area contributed by atoms with E-state index in [0.29, 0.717) is 11.8 Å². The zero-order chi connectivity index (χ0) is 25.3. The van der Waals surface area contributed by atoms with E-state index in [0.717, 1.165) is 44.9 Å². The fourth-order valence-electron chi connectivity index (χ4n) is 7.05. The van der Waals surface area contributed by atoms with Crippen molar-refractivity contribution in [1.82, 2.24) is 0 Å². The predicted molar refractivity (Wildman–Crippen MR) is 165 cm³/mol. The molecule has 2 unspecified atom stereocenters. The Morgan fingerprint density at radius 1 is 0.632 bits per heavy atom. The van der Waals surface area contributed by atoms with Gasteiger partial charge in [-0.25, -0.2) is 0 Å². The van der Waals surface area contributed by atoms with Crippen LogP contribution < -0.4 is 10.4 Å². The van der Waals surface area contributed by atoms with Gasteiger partial charge in [0.1, 0.15) is 0 Å². The molecule has 0 heterocycles. The van der Waals surface area contributed by atoms with Gasteiger partial charge in [-0.05, 0) is 106 Å². The highest BCUT2D eigenvalue weighted by Gasteiger charge is 2.26. The molecule has 5 aliphatic carbocycles. The number of benzene rings is 2. The summed E-state index contributed by atoms with van der Waals surface area (Å²) < 4.78 is 0. The van der Waals surface area contributed by atoms with Gasteiger partial charge in [0.25, 0.3) is 0 Å². The highest BCUT2D eigenvalue weighted by Crippen LogP contribution is 2.40. The molecular formula is C38H36. The van der Waals surface area contributed by atoms with Crippen LogP contribution in [0.25, 0.3) is 34.1 Å². The maximum Gasteiger partial charge on any atom is 0.00613 e. The van der Waals surface area contributed by atoms with Crippen LogP contribution >= 0.6 is 0 Å². The van der Waals surface area contributed by atoms with Crippen LogP contribution in [-0.2, 0) is 0 Å². The molecule has 0 spiro atoms. The van der Waals surface area contributed by atoms with Crippen molar-refractivity contribution in [3.05, 3.63) is 130 Å². The van der Waals surface area contributed by atoms with Gasteiger partial charge < -0.3 is 0 Å². The Morgan fingerprint density at radius 3 is 2.11 bits per heavy atom. The summed E-state index contributed by atoms with van der Waals surface area (Å²) in [5, 5.41) is 5.78. The Hall–Kier alpha value is -3.64. The molecule has 0 aromatic heterocycles. The fourth-order valence-corrected chi connectivity index (χ4v) is 7.05. The van der Waals surface area contributed by atoms with E-state index < -0.39 is 0 Å². The van der Waals surface area contributed by atoms with Gasteiger partial charge in [0, 0.05) is 11.8 Å². The topological polar surface area (TPSA) is 0 Å². The third-order valence-electron chi connectivity index (χ3n) is 8.85. The second-order valence-corrected chi connectivity index (χ2v) is 11.3. The molecule has 0 aliphatic heterocycles. The average molecular weight is 493 g/mol. The summed E-state index contributed by atoms with van der Waals surface area (Å²) in [5.74, 6) is 0.899. The lowest BCUT2D eigenvalue weighted by atomic mass is 9.75. The summed E-state index contributed by atoms with van der Waals surface area (Å²) in [5.41, 5.74) is 8.94. The van der Waals surface area contributed by atoms with Crippen molar-refractivity contribution in [3.8, 4) is 0 Å². The van der Waals surface area contributed by atoms with Crippen molar-refractivity contribution in [2.24, 2.45) is 11.8 Å². The molecule has 0 bridgehead atoms. The van der Waals surface area contributed by atoms with Crippen LogP contribution in [-0.4, -0.2) is 0 Å². The molecule has 2 aromatic rings. The Kier molecular flexibility index (Phi) is 6.34. The Balaban J connectivity index is 1.47. The van der Waals surface area contributed by atoms with E-state index in [9.17, 15) is 0 Å². The molecule has 0 radical (unpaired) electrons. The molecule has 0 amide bonds. The molecule has 0 heteroatoms. The summed E-state index contributed by atoms with van der Waals surface area (Å²) in [6.07, 6.45) is 42.5. The summed E-state index contributed by atoms with van der Waals surface area (Å²) in [6.45, 7) is 0. The smallest absolute Gasteiger partial charge is 0.00613 e. The molecule has 2 atom stereocenters. The fraction of sp³-hybridized carbons (Fsp3) is 0.263. The zero-order valence-corrected chi connectivity index (χ0v) is 22.2. The maximum absolute atomic E-state index is 2.58. The van der Waals surface area contributed by atoms with E-state index in [1.165, 1.54) is 61.0 Å². The second-order valence-electron chi connectivity index (χ2n) is 11.3. The normalized spacial score (nSPS) is 24.1. The van der Waals surface area contributed by atoms with Gasteiger partial charge in [0.15, 0.2) is 0 Å². The van der Waals surface area contributed by atoms with Gasteiger partial charge in [0.2, 0.25) is 0 Å². The first-order valence-corrected chi connectivity index (χ1v) is 14.6. The minimum Gasteiger partial charge on any atom is -0.0842 e. The van der Waals surface area contributed by atoms with Crippen LogP contribution in [0.2, 0.25) is 0 Å². The molecule has 0 fully saturated rings. The van der Waals surface area contributed by atoms with Crippen molar-refractivity contribution < 1.29 is 0 Å². The lowest BCUT2D eigenvalue weighted by Crippen LogP contribution is -2.34. The number of hydrogen-bond donors (Lipinski definition) is 0. The van der Waals surface area contributed by atoms with E-state index in [-0.39, 0.29) is 0 Å². The van der Waals surface area contributed by atoms with Gasteiger partial charge in [-0.15, -0.1) is 0 Å². The second kappa shape index (κ2) is 10.3. The molecule has 7 rings (SSSR count). The first-order valence-electron chi connectivity index (χ1n) is 14.6. The molecular weight excluding hydrogens is 456 g/mol. The lowest BCUT2D eigenvalue weighted by Gasteiger charge is -2.29. The molecule has 188 valence electrons. The largest absolute Gasteiger partial charge is 0.0842 e. The van der Waals surface area contributed by atoms with Gasteiger partial charge in [-0.3, -0.25) is 0 Å². The van der Waals surface area contributed by atoms with E-state index in [4.69, 9.17) is 0 Å². The minimum atomic E-state index is 0.439. The van der Waals surface area contributed by atoms with Gasteiger partial charge >= 0.3 is 0 Å². The number of allylic oxidation sites excluding steroid dienone is 16. The predicted octanol–water partition coefficient (Wildman–Crippen LogP) is 8.67. The maximum atomic E-state index is 2.58. The third-order valence-corrected chi connectivity index (χ3v) is 8.85. The van der Waals surface area contributed by atoms with Crippen molar-refractivity contribution in [3.63, 3.8) is 0 Å². The lowest BCUT2D eigenvalue weighted by molar-refractivity contribution is 0.722. The average Bonchev–Trinajstić information content (AvgIpc) is 3.01. The Labute approximate surface area is 226 Å². The van der Waals surface area contributed by atoms with Crippen LogP contribution in [0.4, 0.5) is 0 Å². The van der Waals surface area contributed by atoms with Crippen LogP contribution in [0.1, 0.15) is 62.5 Å². The van der Waals surface area contributed by atoms with Crippen LogP contribution in [0.3, 0.4) is 0 Å². The monoisotopic (exact) mass is 492 g/mol. The van der Waals surface area contributed by atoms with Gasteiger partial charge in [0.05, 0.1) is 0 Å². The highest BCUT2D eigenvalue weighted by atomic mass is 14.3. The summed E-state index contributed by atoms with van der Waals surface area (Å²) >= 11 is 0. The molecule has 0 N–H and O–H groups in total. The zero-order valence-electron chi connectivity index (χ0n) is 22.2. The first kappa shape index (κ1) is 23.5. The molecule has 0 nitrogen and oxygen atoms in total. The van der Waals surface area contributed by atoms with Gasteiger partial charge in [-0.1, -0.05) is 109 Å². The highest BCUT2D eigenvalue weighted by molar-refractivity contribution is 6.02. The Morgan fingerprint density at radius 2 is 1.42 bits per heavy atom. The van der Waals surface area contributed by atoms with Crippen molar-refractivity contribution in [2.45, 2.75) is 51.4 Å². The van der Waals surface area contributed by atoms with Gasteiger partial charge in [-0.2, -0.15) is 0 Å². The number of fused-ring (bicyclic) bond motifs is 2. The molecule has 0 saturated carbocycles. The molecule has 38 heavy (non-hydrogen) atoms. The van der Waals surface area contributed by atoms with Crippen molar-refractivity contribution in [2.75, 3.05) is 0 Å². The van der Waals surface area contributed by atoms with E-state index in [1.807, 2.05) is 0 Å². The molecule has 2 aromatic carbocycles. The van der Waals surface area contributed by atoms with E-state index >= 15 is 0 Å². The summed E-state index contributed by atoms with van der Waals surface area (Å²) in [7, 11) is 0. The van der Waals surface area contributed by atoms with E-state index in [1.54, 1.807) is 0 Å². The van der Waals surface area contributed by atoms with Crippen LogP contribution in [0.15, 0.2) is 108 Å². The third kappa shape index (κ3) is 4.27. The minimum absolute atomic E-state index is 0.439.